The SMILES string of the molecule is CC(C)=Cn1nc(C(=O)O)c2ccc(F)cc21. The molecule has 0 aliphatic heterocycles. The van der Waals surface area contributed by atoms with Crippen molar-refractivity contribution in [3.8, 4) is 0 Å². The van der Waals surface area contributed by atoms with Crippen molar-refractivity contribution in [3.05, 3.63) is 35.3 Å². The number of nitrogens with zero attached hydrogens (tertiary/aromatic N) is 2. The first-order valence-corrected chi connectivity index (χ1v) is 5.05. The number of aromatic nitrogens is 2. The summed E-state index contributed by atoms with van der Waals surface area (Å²) in [4.78, 5) is 11.0. The first-order valence-electron chi connectivity index (χ1n) is 5.05. The summed E-state index contributed by atoms with van der Waals surface area (Å²) >= 11 is 0. The molecule has 1 aromatic carbocycles. The Morgan fingerprint density at radius 2 is 2.18 bits per heavy atom. The van der Waals surface area contributed by atoms with Gasteiger partial charge in [0.25, 0.3) is 0 Å². The molecule has 1 heterocycles. The molecule has 0 unspecified atom stereocenters. The second-order valence-electron chi connectivity index (χ2n) is 3.97. The second kappa shape index (κ2) is 4.01. The summed E-state index contributed by atoms with van der Waals surface area (Å²) in [5.41, 5.74) is 1.32. The molecule has 0 saturated carbocycles. The zero-order valence-electron chi connectivity index (χ0n) is 9.44. The Bertz CT molecular complexity index is 625. The molecule has 88 valence electrons. The van der Waals surface area contributed by atoms with Crippen LogP contribution in [0.4, 0.5) is 4.39 Å². The number of allylic oxidation sites excluding steroid dienone is 1. The minimum atomic E-state index is -1.12. The molecule has 0 aliphatic carbocycles. The Morgan fingerprint density at radius 3 is 2.76 bits per heavy atom. The second-order valence-corrected chi connectivity index (χ2v) is 3.97. The smallest absolute Gasteiger partial charge is 0.357 e. The lowest BCUT2D eigenvalue weighted by molar-refractivity contribution is 0.0692. The van der Waals surface area contributed by atoms with Gasteiger partial charge in [-0.3, -0.25) is 0 Å². The van der Waals surface area contributed by atoms with Crippen LogP contribution < -0.4 is 0 Å². The highest BCUT2D eigenvalue weighted by Gasteiger charge is 2.15. The summed E-state index contributed by atoms with van der Waals surface area (Å²) in [6.07, 6.45) is 1.66. The summed E-state index contributed by atoms with van der Waals surface area (Å²) in [6, 6.07) is 3.92. The number of carboxylic acids is 1. The van der Waals surface area contributed by atoms with Crippen LogP contribution in [-0.4, -0.2) is 20.9 Å². The summed E-state index contributed by atoms with van der Waals surface area (Å²) < 4.78 is 14.5. The van der Waals surface area contributed by atoms with E-state index in [1.165, 1.54) is 22.9 Å². The van der Waals surface area contributed by atoms with E-state index < -0.39 is 11.8 Å². The molecule has 0 bridgehead atoms. The van der Waals surface area contributed by atoms with Crippen LogP contribution in [0.2, 0.25) is 0 Å². The van der Waals surface area contributed by atoms with Crippen molar-refractivity contribution in [3.63, 3.8) is 0 Å². The van der Waals surface area contributed by atoms with Gasteiger partial charge in [0, 0.05) is 17.7 Å². The lowest BCUT2D eigenvalue weighted by Crippen LogP contribution is -1.99. The van der Waals surface area contributed by atoms with Crippen LogP contribution in [0.3, 0.4) is 0 Å². The Labute approximate surface area is 97.0 Å². The van der Waals surface area contributed by atoms with Crippen LogP contribution in [-0.2, 0) is 0 Å². The number of halogens is 1. The number of hydrogen-bond donors (Lipinski definition) is 1. The maximum atomic E-state index is 13.2. The fraction of sp³-hybridized carbons (Fsp3) is 0.167. The molecule has 4 nitrogen and oxygen atoms in total. The predicted molar refractivity (Wildman–Crippen MR) is 62.3 cm³/mol. The fourth-order valence-electron chi connectivity index (χ4n) is 1.61. The average molecular weight is 234 g/mol. The quantitative estimate of drug-likeness (QED) is 0.869. The number of hydrogen-bond acceptors (Lipinski definition) is 2. The zero-order chi connectivity index (χ0) is 12.6. The van der Waals surface area contributed by atoms with Crippen LogP contribution in [0.5, 0.6) is 0 Å². The van der Waals surface area contributed by atoms with Crippen molar-refractivity contribution in [2.75, 3.05) is 0 Å². The topological polar surface area (TPSA) is 55.1 Å². The van der Waals surface area contributed by atoms with Crippen LogP contribution in [0, 0.1) is 5.82 Å². The molecule has 0 atom stereocenters. The van der Waals surface area contributed by atoms with Crippen molar-refractivity contribution in [2.45, 2.75) is 13.8 Å². The molecule has 0 amide bonds. The third-order valence-corrected chi connectivity index (χ3v) is 2.25. The minimum Gasteiger partial charge on any atom is -0.476 e. The van der Waals surface area contributed by atoms with E-state index in [0.717, 1.165) is 5.57 Å². The monoisotopic (exact) mass is 234 g/mol. The van der Waals surface area contributed by atoms with E-state index in [0.29, 0.717) is 10.9 Å². The van der Waals surface area contributed by atoms with Gasteiger partial charge in [-0.15, -0.1) is 0 Å². The number of carboxylic acid groups (broad SMARTS) is 1. The Morgan fingerprint density at radius 1 is 1.47 bits per heavy atom. The molecule has 2 rings (SSSR count). The van der Waals surface area contributed by atoms with Crippen LogP contribution in [0.25, 0.3) is 17.1 Å². The predicted octanol–water partition coefficient (Wildman–Crippen LogP) is 2.75. The number of aromatic carboxylic acids is 1. The van der Waals surface area contributed by atoms with Crippen molar-refractivity contribution in [1.29, 1.82) is 0 Å². The summed E-state index contributed by atoms with van der Waals surface area (Å²) in [5, 5.41) is 13.4. The molecule has 0 aliphatic rings. The van der Waals surface area contributed by atoms with E-state index >= 15 is 0 Å². The normalized spacial score (nSPS) is 10.5. The number of fused-ring (bicyclic) bond motifs is 1. The van der Waals surface area contributed by atoms with Crippen molar-refractivity contribution < 1.29 is 14.3 Å². The molecular weight excluding hydrogens is 223 g/mol. The lowest BCUT2D eigenvalue weighted by Gasteiger charge is -1.96. The molecule has 0 saturated heterocycles. The first-order chi connectivity index (χ1) is 7.99. The number of carbonyl (C=O) groups is 1. The van der Waals surface area contributed by atoms with Gasteiger partial charge in [-0.1, -0.05) is 5.57 Å². The van der Waals surface area contributed by atoms with E-state index in [1.807, 2.05) is 13.8 Å². The third-order valence-electron chi connectivity index (χ3n) is 2.25. The summed E-state index contributed by atoms with van der Waals surface area (Å²) in [7, 11) is 0. The lowest BCUT2D eigenvalue weighted by atomic mass is 10.2. The molecule has 0 radical (unpaired) electrons. The van der Waals surface area contributed by atoms with Crippen molar-refractivity contribution >= 4 is 23.1 Å². The maximum Gasteiger partial charge on any atom is 0.357 e. The highest BCUT2D eigenvalue weighted by molar-refractivity contribution is 6.01. The molecule has 0 fully saturated rings. The highest BCUT2D eigenvalue weighted by atomic mass is 19.1. The Balaban J connectivity index is 2.80. The molecule has 1 N–H and O–H groups in total. The molecule has 1 aromatic heterocycles. The van der Waals surface area contributed by atoms with Crippen LogP contribution >= 0.6 is 0 Å². The van der Waals surface area contributed by atoms with Gasteiger partial charge in [0.1, 0.15) is 5.82 Å². The van der Waals surface area contributed by atoms with Gasteiger partial charge in [0.05, 0.1) is 5.52 Å². The number of rotatable bonds is 2. The van der Waals surface area contributed by atoms with Gasteiger partial charge in [-0.25, -0.2) is 13.9 Å². The summed E-state index contributed by atoms with van der Waals surface area (Å²) in [6.45, 7) is 3.71. The molecule has 2 aromatic rings. The van der Waals surface area contributed by atoms with Gasteiger partial charge < -0.3 is 5.11 Å². The van der Waals surface area contributed by atoms with E-state index in [2.05, 4.69) is 5.10 Å². The van der Waals surface area contributed by atoms with E-state index in [4.69, 9.17) is 5.11 Å². The Hall–Kier alpha value is -2.17. The van der Waals surface area contributed by atoms with Gasteiger partial charge >= 0.3 is 5.97 Å². The highest BCUT2D eigenvalue weighted by Crippen LogP contribution is 2.20. The van der Waals surface area contributed by atoms with Gasteiger partial charge in [0.2, 0.25) is 0 Å². The van der Waals surface area contributed by atoms with Gasteiger partial charge in [0.15, 0.2) is 5.69 Å². The zero-order valence-corrected chi connectivity index (χ0v) is 9.44. The maximum absolute atomic E-state index is 13.2. The van der Waals surface area contributed by atoms with E-state index in [9.17, 15) is 9.18 Å². The Kier molecular flexibility index (Phi) is 2.67. The van der Waals surface area contributed by atoms with E-state index in [1.54, 1.807) is 6.20 Å². The number of benzene rings is 1. The average Bonchev–Trinajstić information content (AvgIpc) is 2.56. The van der Waals surface area contributed by atoms with Crippen molar-refractivity contribution in [2.24, 2.45) is 0 Å². The van der Waals surface area contributed by atoms with E-state index in [-0.39, 0.29) is 5.69 Å². The molecule has 17 heavy (non-hydrogen) atoms. The standard InChI is InChI=1S/C12H11FN2O2/c1-7(2)6-15-10-5-8(13)3-4-9(10)11(14-15)12(16)17/h3-6H,1-2H3,(H,16,17). The third kappa shape index (κ3) is 2.04. The molecular formula is C12H11FN2O2. The minimum absolute atomic E-state index is 0.0718. The summed E-state index contributed by atoms with van der Waals surface area (Å²) in [5.74, 6) is -1.54. The largest absolute Gasteiger partial charge is 0.476 e. The van der Waals surface area contributed by atoms with Gasteiger partial charge in [-0.05, 0) is 26.0 Å². The van der Waals surface area contributed by atoms with Crippen molar-refractivity contribution in [1.82, 2.24) is 9.78 Å². The molecule has 0 spiro atoms. The fourth-order valence-corrected chi connectivity index (χ4v) is 1.61. The van der Waals surface area contributed by atoms with Crippen LogP contribution in [0.15, 0.2) is 23.8 Å². The molecule has 5 heteroatoms. The first kappa shape index (κ1) is 11.3. The van der Waals surface area contributed by atoms with Crippen LogP contribution in [0.1, 0.15) is 24.3 Å². The van der Waals surface area contributed by atoms with Gasteiger partial charge in [-0.2, -0.15) is 5.10 Å².